The standard InChI is InChI=1S/C21H25.C12H19.C8H8.2ClH.Zr/c1-20(2,3)16-9-7-14-11-15-8-10-17(21(4,5)6)13-19(15)18(14)12-16;1-5-6-10-7-8-11(9-10)12(2,3)4;1-2-8-6-4-3-5-7-8;;;/h7,9-10,12-13H,11H2,1-6H3;7-9H,5-6H2,1-4H3;3-7H,1H3;2*1H;/q2*-1;;;;+2/p-2. The van der Waals surface area contributed by atoms with Crippen LogP contribution in [-0.4, -0.2) is 3.21 Å². The van der Waals surface area contributed by atoms with E-state index in [-0.39, 0.29) is 35.6 Å². The molecule has 1 aliphatic rings. The quantitative estimate of drug-likeness (QED) is 0.230. The van der Waals surface area contributed by atoms with Crippen LogP contribution in [0.5, 0.6) is 0 Å². The molecule has 0 nitrogen and oxygen atoms in total. The van der Waals surface area contributed by atoms with Crippen molar-refractivity contribution in [2.75, 3.05) is 0 Å². The van der Waals surface area contributed by atoms with E-state index >= 15 is 0 Å². The Morgan fingerprint density at radius 3 is 1.80 bits per heavy atom. The van der Waals surface area contributed by atoms with E-state index in [4.69, 9.17) is 0 Å². The summed E-state index contributed by atoms with van der Waals surface area (Å²) in [7, 11) is 0. The molecular formula is C41H52Cl2Zr-2. The van der Waals surface area contributed by atoms with Crippen molar-refractivity contribution in [2.24, 2.45) is 0 Å². The van der Waals surface area contributed by atoms with E-state index in [0.29, 0.717) is 5.41 Å². The molecule has 0 N–H and O–H groups in total. The fourth-order valence-corrected chi connectivity index (χ4v) is 5.49. The summed E-state index contributed by atoms with van der Waals surface area (Å²) in [5.41, 5.74) is 13.4. The zero-order valence-corrected chi connectivity index (χ0v) is 32.9. The van der Waals surface area contributed by atoms with Crippen LogP contribution in [-0.2, 0) is 53.3 Å². The first-order valence-electron chi connectivity index (χ1n) is 15.6. The monoisotopic (exact) mass is 704 g/mol. The summed E-state index contributed by atoms with van der Waals surface area (Å²) in [6.07, 6.45) is 3.49. The molecule has 0 saturated carbocycles. The second-order valence-corrected chi connectivity index (χ2v) is 16.7. The summed E-state index contributed by atoms with van der Waals surface area (Å²) in [5.74, 6) is 0. The van der Waals surface area contributed by atoms with Gasteiger partial charge in [-0.1, -0.05) is 122 Å². The van der Waals surface area contributed by atoms with Crippen molar-refractivity contribution in [1.82, 2.24) is 0 Å². The Morgan fingerprint density at radius 2 is 1.32 bits per heavy atom. The van der Waals surface area contributed by atoms with E-state index in [1.165, 1.54) is 90.4 Å². The number of halogens is 2. The van der Waals surface area contributed by atoms with Crippen molar-refractivity contribution < 1.29 is 49.0 Å². The van der Waals surface area contributed by atoms with Gasteiger partial charge >= 0.3 is 70.3 Å². The number of hydrogen-bond donors (Lipinski definition) is 0. The molecule has 236 valence electrons. The largest absolute Gasteiger partial charge is 1.00 e. The van der Waals surface area contributed by atoms with Gasteiger partial charge < -0.3 is 24.8 Å². The van der Waals surface area contributed by atoms with Gasteiger partial charge in [0.15, 0.2) is 0 Å². The summed E-state index contributed by atoms with van der Waals surface area (Å²) in [4.78, 5) is 0. The molecule has 4 aromatic rings. The van der Waals surface area contributed by atoms with E-state index in [2.05, 4.69) is 155 Å². The molecule has 0 aromatic heterocycles. The maximum Gasteiger partial charge on any atom is -1.00 e. The van der Waals surface area contributed by atoms with Crippen molar-refractivity contribution in [1.29, 1.82) is 0 Å². The molecule has 0 bridgehead atoms. The first-order chi connectivity index (χ1) is 19.5. The molecule has 3 heteroatoms. The van der Waals surface area contributed by atoms with Gasteiger partial charge in [-0.05, 0) is 17.4 Å². The second kappa shape index (κ2) is 16.8. The predicted molar refractivity (Wildman–Crippen MR) is 182 cm³/mol. The Morgan fingerprint density at radius 1 is 0.750 bits per heavy atom. The van der Waals surface area contributed by atoms with Crippen LogP contribution in [0.3, 0.4) is 0 Å². The molecule has 0 aliphatic heterocycles. The zero-order chi connectivity index (χ0) is 31.3. The Bertz CT molecular complexity index is 1410. The van der Waals surface area contributed by atoms with Gasteiger partial charge in [0.2, 0.25) is 0 Å². The average Bonchev–Trinajstić information content (AvgIpc) is 3.53. The minimum Gasteiger partial charge on any atom is -1.00 e. The van der Waals surface area contributed by atoms with Crippen molar-refractivity contribution in [3.8, 4) is 11.1 Å². The number of rotatable bonds is 3. The molecule has 5 rings (SSSR count). The molecule has 0 atom stereocenters. The maximum absolute atomic E-state index is 3.53. The van der Waals surface area contributed by atoms with Crippen molar-refractivity contribution >= 4 is 3.21 Å². The summed E-state index contributed by atoms with van der Waals surface area (Å²) < 4.78 is 1.46. The maximum atomic E-state index is 3.53. The van der Waals surface area contributed by atoms with E-state index in [9.17, 15) is 0 Å². The number of aryl methyl sites for hydroxylation is 1. The van der Waals surface area contributed by atoms with Gasteiger partial charge in [-0.3, -0.25) is 0 Å². The van der Waals surface area contributed by atoms with Crippen LogP contribution < -0.4 is 24.8 Å². The van der Waals surface area contributed by atoms with Crippen LogP contribution >= 0.6 is 0 Å². The minimum absolute atomic E-state index is 0. The van der Waals surface area contributed by atoms with E-state index < -0.39 is 0 Å². The molecule has 1 aliphatic carbocycles. The SMILES string of the molecule is CC(C)(C)c1c[c-]c2c(c1)-c1cc(C(C)(C)C)ccc1C2.CCCc1cc(C(C)(C)C)c[cH-]1.C[C](=[Zr+2])c1ccccc1.[Cl-].[Cl-]. The third-order valence-corrected chi connectivity index (χ3v) is 8.67. The molecule has 0 heterocycles. The summed E-state index contributed by atoms with van der Waals surface area (Å²) in [6.45, 7) is 24.8. The molecular weight excluding hydrogens is 655 g/mol. The van der Waals surface area contributed by atoms with E-state index in [1.807, 2.05) is 6.07 Å². The van der Waals surface area contributed by atoms with E-state index in [0.717, 1.165) is 6.42 Å². The van der Waals surface area contributed by atoms with Crippen molar-refractivity contribution in [3.63, 3.8) is 0 Å². The molecule has 0 radical (unpaired) electrons. The Balaban J connectivity index is 0.000000359. The third-order valence-electron chi connectivity index (χ3n) is 7.96. The summed E-state index contributed by atoms with van der Waals surface area (Å²) in [5, 5.41) is 0. The van der Waals surface area contributed by atoms with Crippen LogP contribution in [0.4, 0.5) is 0 Å². The topological polar surface area (TPSA) is 0 Å². The van der Waals surface area contributed by atoms with Crippen molar-refractivity contribution in [3.05, 3.63) is 124 Å². The third kappa shape index (κ3) is 11.3. The smallest absolute Gasteiger partial charge is 1.00 e. The number of benzene rings is 3. The Labute approximate surface area is 297 Å². The van der Waals surface area contributed by atoms with Gasteiger partial charge in [0, 0.05) is 0 Å². The van der Waals surface area contributed by atoms with Gasteiger partial charge in [0.25, 0.3) is 0 Å². The second-order valence-electron chi connectivity index (χ2n) is 14.8. The molecule has 4 aromatic carbocycles. The molecule has 0 spiro atoms. The van der Waals surface area contributed by atoms with Gasteiger partial charge in [0.1, 0.15) is 0 Å². The molecule has 0 unspecified atom stereocenters. The van der Waals surface area contributed by atoms with E-state index in [1.54, 1.807) is 0 Å². The fraction of sp³-hybridized carbons (Fsp3) is 0.415. The van der Waals surface area contributed by atoms with Crippen LogP contribution in [0.15, 0.2) is 78.9 Å². The molecule has 0 fully saturated rings. The Hall–Kier alpha value is -1.66. The van der Waals surface area contributed by atoms with Crippen LogP contribution in [0, 0.1) is 6.07 Å². The molecule has 44 heavy (non-hydrogen) atoms. The summed E-state index contributed by atoms with van der Waals surface area (Å²) >= 11 is 1.51. The number of hydrogen-bond acceptors (Lipinski definition) is 0. The summed E-state index contributed by atoms with van der Waals surface area (Å²) in [6, 6.07) is 32.4. The molecule has 0 saturated heterocycles. The van der Waals surface area contributed by atoms with Gasteiger partial charge in [-0.2, -0.15) is 52.6 Å². The minimum atomic E-state index is 0. The van der Waals surface area contributed by atoms with Crippen LogP contribution in [0.25, 0.3) is 11.1 Å². The van der Waals surface area contributed by atoms with Crippen LogP contribution in [0.1, 0.15) is 122 Å². The van der Waals surface area contributed by atoms with Crippen molar-refractivity contribution in [2.45, 2.75) is 112 Å². The zero-order valence-electron chi connectivity index (χ0n) is 28.9. The Kier molecular flexibility index (Phi) is 15.4. The normalized spacial score (nSPS) is 11.8. The van der Waals surface area contributed by atoms with Gasteiger partial charge in [0.05, 0.1) is 0 Å². The number of fused-ring (bicyclic) bond motifs is 3. The fourth-order valence-electron chi connectivity index (χ4n) is 5.08. The first-order valence-corrected chi connectivity index (χ1v) is 16.8. The predicted octanol–water partition coefficient (Wildman–Crippen LogP) is 5.09. The average molecular weight is 707 g/mol. The van der Waals surface area contributed by atoms with Gasteiger partial charge in [-0.15, -0.1) is 5.56 Å². The first kappa shape index (κ1) is 40.4. The van der Waals surface area contributed by atoms with Gasteiger partial charge in [-0.25, -0.2) is 6.07 Å². The molecule has 0 amide bonds. The van der Waals surface area contributed by atoms with Crippen LogP contribution in [0.2, 0.25) is 0 Å².